The molecular weight excluding hydrogens is 107 g/mol. The maximum Gasteiger partial charge on any atom is 0.0738 e. The van der Waals surface area contributed by atoms with Gasteiger partial charge in [-0.05, 0) is 5.92 Å². The smallest absolute Gasteiger partial charge is 0.0714 e. The Balaban J connectivity index is 3.47. The van der Waals surface area contributed by atoms with Crippen LogP contribution in [0, 0.1) is 5.92 Å². The first-order chi connectivity index (χ1) is 3.95. The van der Waals surface area contributed by atoms with Gasteiger partial charge >= 0.3 is 0 Å². The van der Waals surface area contributed by atoms with Crippen molar-refractivity contribution in [1.82, 2.24) is 0 Å². The van der Waals surface area contributed by atoms with E-state index in [1.54, 1.807) is 0 Å². The Morgan fingerprint density at radius 2 is 1.89 bits per heavy atom. The molecule has 0 aliphatic carbocycles. The molecule has 1 heteroatoms. The van der Waals surface area contributed by atoms with Crippen LogP contribution < -0.4 is 0 Å². The highest BCUT2D eigenvalue weighted by atomic mass is 14.1. The summed E-state index contributed by atoms with van der Waals surface area (Å²) in [4.78, 5) is 0. The van der Waals surface area contributed by atoms with E-state index in [0.717, 1.165) is 12.3 Å². The largest absolute Gasteiger partial charge is 0.0738 e. The molecule has 9 heavy (non-hydrogen) atoms. The van der Waals surface area contributed by atoms with E-state index in [-0.39, 0.29) is 5.31 Å². The summed E-state index contributed by atoms with van der Waals surface area (Å²) < 4.78 is 0. The normalized spacial score (nSPS) is 15.6. The van der Waals surface area contributed by atoms with E-state index in [4.69, 9.17) is 7.85 Å². The van der Waals surface area contributed by atoms with Crippen LogP contribution in [0.4, 0.5) is 0 Å². The van der Waals surface area contributed by atoms with Crippen molar-refractivity contribution < 1.29 is 0 Å². The van der Waals surface area contributed by atoms with Gasteiger partial charge in [0.25, 0.3) is 0 Å². The molecule has 1 atom stereocenters. The van der Waals surface area contributed by atoms with Gasteiger partial charge in [0.15, 0.2) is 0 Å². The fourth-order valence-corrected chi connectivity index (χ4v) is 1.04. The molecule has 0 aromatic rings. The SMILES string of the molecule is [B]C(C)(C)CC(C)CC. The van der Waals surface area contributed by atoms with E-state index in [9.17, 15) is 0 Å². The molecule has 1 unspecified atom stereocenters. The maximum atomic E-state index is 5.81. The van der Waals surface area contributed by atoms with Crippen LogP contribution in [0.3, 0.4) is 0 Å². The summed E-state index contributed by atoms with van der Waals surface area (Å²) in [6.45, 7) is 8.61. The van der Waals surface area contributed by atoms with Gasteiger partial charge in [-0.25, -0.2) is 0 Å². The number of rotatable bonds is 3. The van der Waals surface area contributed by atoms with E-state index >= 15 is 0 Å². The monoisotopic (exact) mass is 124 g/mol. The molecule has 0 aliphatic rings. The molecule has 2 radical (unpaired) electrons. The number of hydrogen-bond acceptors (Lipinski definition) is 0. The molecule has 0 N–H and O–H groups in total. The Morgan fingerprint density at radius 3 is 2.00 bits per heavy atom. The molecule has 0 amide bonds. The van der Waals surface area contributed by atoms with E-state index in [2.05, 4.69) is 27.7 Å². The fourth-order valence-electron chi connectivity index (χ4n) is 1.04. The lowest BCUT2D eigenvalue weighted by Gasteiger charge is -2.22. The third-order valence-electron chi connectivity index (χ3n) is 1.57. The second-order valence-electron chi connectivity index (χ2n) is 3.71. The molecule has 52 valence electrons. The van der Waals surface area contributed by atoms with Gasteiger partial charge in [-0.1, -0.05) is 45.9 Å². The Morgan fingerprint density at radius 1 is 1.44 bits per heavy atom. The van der Waals surface area contributed by atoms with Gasteiger partial charge in [-0.3, -0.25) is 0 Å². The molecule has 0 nitrogen and oxygen atoms in total. The van der Waals surface area contributed by atoms with Crippen LogP contribution in [0.25, 0.3) is 0 Å². The van der Waals surface area contributed by atoms with Crippen molar-refractivity contribution in [2.24, 2.45) is 5.92 Å². The predicted molar refractivity (Wildman–Crippen MR) is 43.9 cm³/mol. The molecule has 0 aromatic carbocycles. The molecule has 0 aliphatic heterocycles. The van der Waals surface area contributed by atoms with Crippen LogP contribution in [0.1, 0.15) is 40.5 Å². The van der Waals surface area contributed by atoms with Gasteiger partial charge in [0, 0.05) is 0 Å². The van der Waals surface area contributed by atoms with Crippen molar-refractivity contribution in [3.63, 3.8) is 0 Å². The second kappa shape index (κ2) is 3.29. The first-order valence-electron chi connectivity index (χ1n) is 3.74. The van der Waals surface area contributed by atoms with Crippen molar-refractivity contribution in [2.45, 2.75) is 45.9 Å². The molecule has 0 fully saturated rings. The van der Waals surface area contributed by atoms with E-state index in [1.165, 1.54) is 6.42 Å². The first kappa shape index (κ1) is 9.06. The Labute approximate surface area is 60.4 Å². The van der Waals surface area contributed by atoms with Crippen molar-refractivity contribution in [3.05, 3.63) is 0 Å². The molecule has 0 bridgehead atoms. The zero-order chi connectivity index (χ0) is 7.49. The molecule has 0 rings (SSSR count). The molecule has 0 spiro atoms. The van der Waals surface area contributed by atoms with E-state index in [1.807, 2.05) is 0 Å². The average molecular weight is 124 g/mol. The van der Waals surface area contributed by atoms with Gasteiger partial charge in [-0.15, -0.1) is 0 Å². The molecule has 0 saturated carbocycles. The number of hydrogen-bond donors (Lipinski definition) is 0. The van der Waals surface area contributed by atoms with Crippen LogP contribution in [0.2, 0.25) is 5.31 Å². The van der Waals surface area contributed by atoms with Crippen molar-refractivity contribution >= 4 is 7.85 Å². The zero-order valence-corrected chi connectivity index (χ0v) is 7.07. The summed E-state index contributed by atoms with van der Waals surface area (Å²) in [7, 11) is 5.81. The van der Waals surface area contributed by atoms with Crippen LogP contribution in [-0.2, 0) is 0 Å². The minimum Gasteiger partial charge on any atom is -0.0714 e. The minimum absolute atomic E-state index is 0.0232. The topological polar surface area (TPSA) is 0 Å². The summed E-state index contributed by atoms with van der Waals surface area (Å²) in [5.74, 6) is 0.769. The van der Waals surface area contributed by atoms with Crippen LogP contribution in [0.5, 0.6) is 0 Å². The van der Waals surface area contributed by atoms with Gasteiger partial charge in [-0.2, -0.15) is 0 Å². The van der Waals surface area contributed by atoms with Gasteiger partial charge in [0.05, 0.1) is 7.85 Å². The predicted octanol–water partition coefficient (Wildman–Crippen LogP) is 2.79. The fraction of sp³-hybridized carbons (Fsp3) is 1.00. The standard InChI is InChI=1S/C8H17B/c1-5-7(2)6-8(3,4)9/h7H,5-6H2,1-4H3. The summed E-state index contributed by atoms with van der Waals surface area (Å²) in [5.41, 5.74) is 0. The first-order valence-corrected chi connectivity index (χ1v) is 3.74. The third kappa shape index (κ3) is 5.94. The van der Waals surface area contributed by atoms with Gasteiger partial charge in [0.1, 0.15) is 0 Å². The van der Waals surface area contributed by atoms with Crippen LogP contribution in [-0.4, -0.2) is 7.85 Å². The van der Waals surface area contributed by atoms with E-state index < -0.39 is 0 Å². The lowest BCUT2D eigenvalue weighted by molar-refractivity contribution is 0.443. The highest BCUT2D eigenvalue weighted by molar-refractivity contribution is 6.14. The minimum atomic E-state index is 0.0232. The molecule has 0 aromatic heterocycles. The second-order valence-corrected chi connectivity index (χ2v) is 3.71. The summed E-state index contributed by atoms with van der Waals surface area (Å²) >= 11 is 0. The maximum absolute atomic E-state index is 5.81. The highest BCUT2D eigenvalue weighted by Crippen LogP contribution is 2.29. The Kier molecular flexibility index (Phi) is 3.31. The van der Waals surface area contributed by atoms with E-state index in [0.29, 0.717) is 0 Å². The summed E-state index contributed by atoms with van der Waals surface area (Å²) in [6.07, 6.45) is 2.37. The quantitative estimate of drug-likeness (QED) is 0.507. The van der Waals surface area contributed by atoms with Gasteiger partial charge in [0.2, 0.25) is 0 Å². The molecular formula is C8H17B. The summed E-state index contributed by atoms with van der Waals surface area (Å²) in [5, 5.41) is 0.0232. The van der Waals surface area contributed by atoms with Crippen LogP contribution in [0.15, 0.2) is 0 Å². The third-order valence-corrected chi connectivity index (χ3v) is 1.57. The zero-order valence-electron chi connectivity index (χ0n) is 7.07. The lowest BCUT2D eigenvalue weighted by atomic mass is 9.67. The summed E-state index contributed by atoms with van der Waals surface area (Å²) in [6, 6.07) is 0. The van der Waals surface area contributed by atoms with Crippen LogP contribution >= 0.6 is 0 Å². The average Bonchev–Trinajstić information content (AvgIpc) is 1.62. The van der Waals surface area contributed by atoms with Crippen molar-refractivity contribution in [1.29, 1.82) is 0 Å². The van der Waals surface area contributed by atoms with Crippen molar-refractivity contribution in [3.8, 4) is 0 Å². The lowest BCUT2D eigenvalue weighted by Crippen LogP contribution is -2.07. The molecule has 0 saturated heterocycles. The van der Waals surface area contributed by atoms with Gasteiger partial charge < -0.3 is 0 Å². The Hall–Kier alpha value is 0.0649. The molecule has 0 heterocycles. The Bertz CT molecular complexity index is 71.1. The highest BCUT2D eigenvalue weighted by Gasteiger charge is 2.12. The van der Waals surface area contributed by atoms with Crippen molar-refractivity contribution in [2.75, 3.05) is 0 Å².